The molecule has 106 valence electrons. The van der Waals surface area contributed by atoms with E-state index in [4.69, 9.17) is 4.74 Å². The number of hydrogen-bond acceptors (Lipinski definition) is 3. The van der Waals surface area contributed by atoms with E-state index in [-0.39, 0.29) is 0 Å². The number of carbonyl (C=O) groups excluding carboxylic acids is 1. The Balaban J connectivity index is 2.06. The first kappa shape index (κ1) is 13.8. The van der Waals surface area contributed by atoms with Crippen LogP contribution in [-0.2, 0) is 0 Å². The van der Waals surface area contributed by atoms with Crippen LogP contribution in [0.2, 0.25) is 0 Å². The maximum atomic E-state index is 10.8. The first-order valence-electron chi connectivity index (χ1n) is 6.59. The zero-order valence-electron chi connectivity index (χ0n) is 11.4. The van der Waals surface area contributed by atoms with Crippen molar-refractivity contribution in [1.82, 2.24) is 9.97 Å². The molecule has 0 spiro atoms. The molecule has 0 aliphatic rings. The average Bonchev–Trinajstić information content (AvgIpc) is 2.88. The van der Waals surface area contributed by atoms with Gasteiger partial charge in [-0.25, -0.2) is 4.98 Å². The van der Waals surface area contributed by atoms with Crippen molar-refractivity contribution in [2.75, 3.05) is 6.61 Å². The number of benzene rings is 2. The molecule has 0 bridgehead atoms. The van der Waals surface area contributed by atoms with Gasteiger partial charge in [-0.05, 0) is 51.8 Å². The number of hydrogen-bond donors (Lipinski definition) is 1. The number of ether oxygens (including phenoxy) is 1. The molecule has 1 N–H and O–H groups in total. The summed E-state index contributed by atoms with van der Waals surface area (Å²) in [6.45, 7) is 2.62. The number of H-pyrrole nitrogens is 1. The van der Waals surface area contributed by atoms with Crippen LogP contribution in [0.5, 0.6) is 5.75 Å². The number of halogens is 1. The summed E-state index contributed by atoms with van der Waals surface area (Å²) in [5.41, 5.74) is 1.68. The molecule has 0 unspecified atom stereocenters. The van der Waals surface area contributed by atoms with Crippen molar-refractivity contribution in [3.05, 3.63) is 46.8 Å². The molecule has 2 aromatic carbocycles. The zero-order valence-corrected chi connectivity index (χ0v) is 13.0. The molecule has 3 aromatic rings. The molecular formula is C16H13BrN2O2. The quantitative estimate of drug-likeness (QED) is 0.721. The van der Waals surface area contributed by atoms with Gasteiger partial charge in [-0.15, -0.1) is 0 Å². The van der Waals surface area contributed by atoms with Crippen molar-refractivity contribution in [3.8, 4) is 17.0 Å². The monoisotopic (exact) mass is 344 g/mol. The highest BCUT2D eigenvalue weighted by Crippen LogP contribution is 2.30. The lowest BCUT2D eigenvalue weighted by atomic mass is 10.1. The molecular weight excluding hydrogens is 332 g/mol. The number of imidazole rings is 1. The Morgan fingerprint density at radius 3 is 2.71 bits per heavy atom. The third kappa shape index (κ3) is 2.69. The Kier molecular flexibility index (Phi) is 3.75. The molecule has 0 amide bonds. The zero-order chi connectivity index (χ0) is 14.8. The molecule has 3 rings (SSSR count). The SMILES string of the molecule is CCOc1ccc2cc(-c3nc(C=O)[nH]c3Br)ccc2c1. The smallest absolute Gasteiger partial charge is 0.185 e. The molecule has 0 saturated heterocycles. The van der Waals surface area contributed by atoms with Gasteiger partial charge >= 0.3 is 0 Å². The minimum Gasteiger partial charge on any atom is -0.494 e. The summed E-state index contributed by atoms with van der Waals surface area (Å²) in [5.74, 6) is 1.17. The molecule has 21 heavy (non-hydrogen) atoms. The highest BCUT2D eigenvalue weighted by atomic mass is 79.9. The molecule has 0 radical (unpaired) electrons. The molecule has 1 heterocycles. The molecule has 0 aliphatic carbocycles. The average molecular weight is 345 g/mol. The number of rotatable bonds is 4. The maximum Gasteiger partial charge on any atom is 0.185 e. The number of aromatic amines is 1. The summed E-state index contributed by atoms with van der Waals surface area (Å²) in [7, 11) is 0. The van der Waals surface area contributed by atoms with Crippen LogP contribution in [-0.4, -0.2) is 22.9 Å². The van der Waals surface area contributed by atoms with E-state index in [1.54, 1.807) is 0 Å². The van der Waals surface area contributed by atoms with Gasteiger partial charge in [-0.1, -0.05) is 18.2 Å². The highest BCUT2D eigenvalue weighted by Gasteiger charge is 2.10. The van der Waals surface area contributed by atoms with E-state index in [2.05, 4.69) is 25.9 Å². The molecule has 1 aromatic heterocycles. The number of fused-ring (bicyclic) bond motifs is 1. The van der Waals surface area contributed by atoms with Gasteiger partial charge in [-0.2, -0.15) is 0 Å². The van der Waals surface area contributed by atoms with E-state index in [0.717, 1.165) is 27.8 Å². The van der Waals surface area contributed by atoms with E-state index < -0.39 is 0 Å². The number of aldehydes is 1. The van der Waals surface area contributed by atoms with Crippen molar-refractivity contribution in [1.29, 1.82) is 0 Å². The first-order chi connectivity index (χ1) is 10.2. The van der Waals surface area contributed by atoms with E-state index in [1.807, 2.05) is 43.3 Å². The molecule has 0 aliphatic heterocycles. The van der Waals surface area contributed by atoms with Gasteiger partial charge in [0.05, 0.1) is 6.61 Å². The fraction of sp³-hybridized carbons (Fsp3) is 0.125. The predicted molar refractivity (Wildman–Crippen MR) is 85.8 cm³/mol. The van der Waals surface area contributed by atoms with Gasteiger partial charge in [0.2, 0.25) is 0 Å². The summed E-state index contributed by atoms with van der Waals surface area (Å²) in [5, 5.41) is 2.20. The largest absolute Gasteiger partial charge is 0.494 e. The molecule has 0 atom stereocenters. The minimum absolute atomic E-state index is 0.309. The van der Waals surface area contributed by atoms with E-state index in [9.17, 15) is 4.79 Å². The third-order valence-corrected chi connectivity index (χ3v) is 3.76. The minimum atomic E-state index is 0.309. The maximum absolute atomic E-state index is 10.8. The molecule has 0 fully saturated rings. The van der Waals surface area contributed by atoms with Gasteiger partial charge in [0.1, 0.15) is 16.0 Å². The first-order valence-corrected chi connectivity index (χ1v) is 7.38. The standard InChI is InChI=1S/C16H13BrN2O2/c1-2-21-13-6-5-10-7-12(4-3-11(10)8-13)15-16(17)19-14(9-20)18-15/h3-9H,2H2,1H3,(H,18,19). The summed E-state index contributed by atoms with van der Waals surface area (Å²) in [6, 6.07) is 12.0. The van der Waals surface area contributed by atoms with Crippen LogP contribution in [0.4, 0.5) is 0 Å². The van der Waals surface area contributed by atoms with Crippen molar-refractivity contribution >= 4 is 33.0 Å². The van der Waals surface area contributed by atoms with Gasteiger partial charge in [-0.3, -0.25) is 4.79 Å². The fourth-order valence-electron chi connectivity index (χ4n) is 2.24. The Bertz CT molecular complexity index is 811. The van der Waals surface area contributed by atoms with E-state index in [1.165, 1.54) is 0 Å². The fourth-order valence-corrected chi connectivity index (χ4v) is 2.76. The number of carbonyl (C=O) groups is 1. The molecule has 4 nitrogen and oxygen atoms in total. The second-order valence-corrected chi connectivity index (χ2v) is 5.35. The van der Waals surface area contributed by atoms with Gasteiger partial charge in [0.15, 0.2) is 12.1 Å². The summed E-state index contributed by atoms with van der Waals surface area (Å²) in [4.78, 5) is 17.9. The summed E-state index contributed by atoms with van der Waals surface area (Å²) >= 11 is 3.39. The Morgan fingerprint density at radius 2 is 2.00 bits per heavy atom. The molecule has 0 saturated carbocycles. The number of nitrogens with one attached hydrogen (secondary N) is 1. The van der Waals surface area contributed by atoms with Crippen molar-refractivity contribution < 1.29 is 9.53 Å². The summed E-state index contributed by atoms with van der Waals surface area (Å²) in [6.07, 6.45) is 0.698. The van der Waals surface area contributed by atoms with E-state index >= 15 is 0 Å². The van der Waals surface area contributed by atoms with Crippen molar-refractivity contribution in [2.24, 2.45) is 0 Å². The normalized spacial score (nSPS) is 10.8. The van der Waals surface area contributed by atoms with Gasteiger partial charge in [0.25, 0.3) is 0 Å². The predicted octanol–water partition coefficient (Wildman–Crippen LogP) is 4.20. The van der Waals surface area contributed by atoms with Crippen LogP contribution in [0.3, 0.4) is 0 Å². The topological polar surface area (TPSA) is 55.0 Å². The van der Waals surface area contributed by atoms with Crippen LogP contribution in [0.25, 0.3) is 22.0 Å². The van der Waals surface area contributed by atoms with Crippen molar-refractivity contribution in [2.45, 2.75) is 6.92 Å². The van der Waals surface area contributed by atoms with Crippen LogP contribution in [0.1, 0.15) is 17.5 Å². The second-order valence-electron chi connectivity index (χ2n) is 4.56. The van der Waals surface area contributed by atoms with Gasteiger partial charge < -0.3 is 9.72 Å². The highest BCUT2D eigenvalue weighted by molar-refractivity contribution is 9.10. The van der Waals surface area contributed by atoms with Crippen LogP contribution in [0, 0.1) is 0 Å². The van der Waals surface area contributed by atoms with Crippen LogP contribution in [0.15, 0.2) is 41.0 Å². The Hall–Kier alpha value is -2.14. The molecule has 5 heteroatoms. The summed E-state index contributed by atoms with van der Waals surface area (Å²) < 4.78 is 6.21. The Labute approximate surface area is 130 Å². The third-order valence-electron chi connectivity index (χ3n) is 3.19. The van der Waals surface area contributed by atoms with Crippen molar-refractivity contribution in [3.63, 3.8) is 0 Å². The number of aromatic nitrogens is 2. The van der Waals surface area contributed by atoms with Crippen LogP contribution >= 0.6 is 15.9 Å². The van der Waals surface area contributed by atoms with Crippen LogP contribution < -0.4 is 4.74 Å². The lowest BCUT2D eigenvalue weighted by Crippen LogP contribution is -1.90. The van der Waals surface area contributed by atoms with E-state index in [0.29, 0.717) is 23.3 Å². The lowest BCUT2D eigenvalue weighted by Gasteiger charge is -2.06. The van der Waals surface area contributed by atoms with Gasteiger partial charge in [0, 0.05) is 5.56 Å². The Morgan fingerprint density at radius 1 is 1.24 bits per heavy atom. The number of nitrogens with zero attached hydrogens (tertiary/aromatic N) is 1. The second kappa shape index (κ2) is 5.69. The lowest BCUT2D eigenvalue weighted by molar-refractivity contribution is 0.111.